The smallest absolute Gasteiger partial charge is 0.305 e. The molecule has 3 aromatic rings. The summed E-state index contributed by atoms with van der Waals surface area (Å²) in [5, 5.41) is 4.94. The molecule has 3 heterocycles. The molecule has 2 N–H and O–H groups in total. The molecule has 0 radical (unpaired) electrons. The van der Waals surface area contributed by atoms with Gasteiger partial charge in [0.15, 0.2) is 5.01 Å². The van der Waals surface area contributed by atoms with Gasteiger partial charge in [0.05, 0.1) is 12.3 Å². The van der Waals surface area contributed by atoms with Gasteiger partial charge in [0, 0.05) is 85.1 Å². The Morgan fingerprint density at radius 3 is 2.95 bits per heavy atom. The van der Waals surface area contributed by atoms with Crippen molar-refractivity contribution in [3.8, 4) is 0 Å². The van der Waals surface area contributed by atoms with E-state index in [0.29, 0.717) is 48.1 Å². The molecule has 1 fully saturated rings. The Morgan fingerprint density at radius 2 is 2.15 bits per heavy atom. The average Bonchev–Trinajstić information content (AvgIpc) is 3.58. The van der Waals surface area contributed by atoms with E-state index < -0.39 is 5.91 Å². The van der Waals surface area contributed by atoms with Crippen molar-refractivity contribution in [2.45, 2.75) is 38.3 Å². The number of rotatable bonds is 8. The fraction of sp³-hybridized carbons (Fsp3) is 0.483. The molecule has 1 unspecified atom stereocenters. The van der Waals surface area contributed by atoms with Crippen LogP contribution in [0.5, 0.6) is 0 Å². The molecule has 0 bridgehead atoms. The number of hydrogen-bond donors (Lipinski definition) is 2. The van der Waals surface area contributed by atoms with Gasteiger partial charge in [-0.25, -0.2) is 9.98 Å². The first-order chi connectivity index (χ1) is 19.7. The van der Waals surface area contributed by atoms with E-state index in [2.05, 4.69) is 32.2 Å². The highest BCUT2D eigenvalue weighted by Crippen LogP contribution is 2.31. The van der Waals surface area contributed by atoms with E-state index in [1.807, 2.05) is 6.07 Å². The first kappa shape index (κ1) is 29.4. The minimum atomic E-state index is -0.393. The fourth-order valence-corrected chi connectivity index (χ4v) is 6.79. The Morgan fingerprint density at radius 1 is 1.32 bits per heavy atom. The van der Waals surface area contributed by atoms with E-state index >= 15 is 0 Å². The van der Waals surface area contributed by atoms with Gasteiger partial charge in [0.1, 0.15) is 5.69 Å². The number of nitrogens with zero attached hydrogens (tertiary/aromatic N) is 4. The average molecular weight is 599 g/mol. The van der Waals surface area contributed by atoms with Crippen molar-refractivity contribution in [3.63, 3.8) is 0 Å². The van der Waals surface area contributed by atoms with Crippen molar-refractivity contribution in [2.24, 2.45) is 16.8 Å². The number of halogens is 1. The second kappa shape index (κ2) is 12.8. The zero-order valence-corrected chi connectivity index (χ0v) is 25.1. The summed E-state index contributed by atoms with van der Waals surface area (Å²) in [7, 11) is 5.43. The quantitative estimate of drug-likeness (QED) is 0.381. The third-order valence-electron chi connectivity index (χ3n) is 7.89. The summed E-state index contributed by atoms with van der Waals surface area (Å²) in [4.78, 5) is 56.5. The van der Waals surface area contributed by atoms with Crippen molar-refractivity contribution in [1.29, 1.82) is 0 Å². The summed E-state index contributed by atoms with van der Waals surface area (Å²) in [6.45, 7) is 2.64. The predicted molar refractivity (Wildman–Crippen MR) is 160 cm³/mol. The molecular formula is C29H35ClN6O4S. The molecule has 3 atom stereocenters. The number of methoxy groups -OCH3 is 1. The number of carbonyl (C=O) groups excluding carboxylic acids is 3. The number of hydrogen-bond acceptors (Lipinski definition) is 7. The number of thiazole rings is 1. The maximum atomic E-state index is 13.3. The van der Waals surface area contributed by atoms with Gasteiger partial charge >= 0.3 is 5.91 Å². The molecule has 1 saturated carbocycles. The summed E-state index contributed by atoms with van der Waals surface area (Å²) in [5.41, 5.74) is 2.21. The topological polar surface area (TPSA) is 120 Å². The summed E-state index contributed by atoms with van der Waals surface area (Å²) in [5.74, 6) is -1.17. The number of aromatic amines is 1. The zero-order chi connectivity index (χ0) is 29.1. The molecular weight excluding hydrogens is 564 g/mol. The normalized spacial score (nSPS) is 21.2. The van der Waals surface area contributed by atoms with Gasteiger partial charge in [-0.05, 0) is 50.6 Å². The van der Waals surface area contributed by atoms with Gasteiger partial charge in [0.25, 0.3) is 5.91 Å². The highest BCUT2D eigenvalue weighted by molar-refractivity contribution is 7.13. The first-order valence-corrected chi connectivity index (χ1v) is 15.0. The van der Waals surface area contributed by atoms with Crippen molar-refractivity contribution >= 4 is 57.8 Å². The number of nitrogens with one attached hydrogen (secondary N) is 2. The molecule has 1 aliphatic carbocycles. The lowest BCUT2D eigenvalue weighted by Gasteiger charge is -2.35. The van der Waals surface area contributed by atoms with E-state index in [1.165, 1.54) is 11.3 Å². The third kappa shape index (κ3) is 6.86. The van der Waals surface area contributed by atoms with Gasteiger partial charge in [-0.2, -0.15) is 0 Å². The number of amides is 3. The molecule has 218 valence electrons. The number of H-pyrrole nitrogens is 1. The summed E-state index contributed by atoms with van der Waals surface area (Å²) in [6.07, 6.45) is 4.10. The number of benzene rings is 1. The number of ether oxygens (including phenoxy) is 1. The molecule has 12 heteroatoms. The van der Waals surface area contributed by atoms with Crippen LogP contribution >= 0.6 is 22.9 Å². The Kier molecular flexibility index (Phi) is 9.18. The summed E-state index contributed by atoms with van der Waals surface area (Å²) in [6, 6.07) is 6.88. The van der Waals surface area contributed by atoms with Crippen LogP contribution in [0.15, 0.2) is 29.3 Å². The largest absolute Gasteiger partial charge is 0.383 e. The van der Waals surface area contributed by atoms with Crippen molar-refractivity contribution in [1.82, 2.24) is 25.1 Å². The minimum Gasteiger partial charge on any atom is -0.383 e. The maximum Gasteiger partial charge on any atom is 0.305 e. The van der Waals surface area contributed by atoms with Crippen molar-refractivity contribution < 1.29 is 19.1 Å². The van der Waals surface area contributed by atoms with Crippen LogP contribution in [0.4, 0.5) is 0 Å². The number of aliphatic imine (C=N–C) groups is 1. The fourth-order valence-electron chi connectivity index (χ4n) is 5.53. The van der Waals surface area contributed by atoms with Crippen LogP contribution in [-0.2, 0) is 22.5 Å². The Bertz CT molecular complexity index is 1470. The molecule has 2 aliphatic rings. The molecule has 10 nitrogen and oxygen atoms in total. The van der Waals surface area contributed by atoms with Crippen LogP contribution in [0.3, 0.4) is 0 Å². The Labute approximate surface area is 248 Å². The van der Waals surface area contributed by atoms with Crippen LogP contribution in [0.2, 0.25) is 5.02 Å². The monoisotopic (exact) mass is 598 g/mol. The van der Waals surface area contributed by atoms with E-state index in [1.54, 1.807) is 43.5 Å². The summed E-state index contributed by atoms with van der Waals surface area (Å²) >= 11 is 7.50. The Hall–Kier alpha value is -3.12. The van der Waals surface area contributed by atoms with Crippen LogP contribution in [0.25, 0.3) is 10.9 Å². The van der Waals surface area contributed by atoms with Gasteiger partial charge < -0.3 is 24.8 Å². The molecule has 2 aromatic heterocycles. The van der Waals surface area contributed by atoms with E-state index in [9.17, 15) is 14.4 Å². The zero-order valence-electron chi connectivity index (χ0n) is 23.5. The van der Waals surface area contributed by atoms with Crippen LogP contribution in [-0.4, -0.2) is 90.6 Å². The molecule has 1 aliphatic heterocycles. The number of fused-ring (bicyclic) bond motifs is 2. The number of aromatic nitrogens is 2. The lowest BCUT2D eigenvalue weighted by molar-refractivity contribution is -0.136. The minimum absolute atomic E-state index is 0.0285. The molecule has 0 saturated heterocycles. The predicted octanol–water partition coefficient (Wildman–Crippen LogP) is 3.80. The van der Waals surface area contributed by atoms with E-state index in [-0.39, 0.29) is 29.7 Å². The number of likely N-dealkylation sites (N-methyl/N-ethyl adjacent to an activating group) is 2. The van der Waals surface area contributed by atoms with Crippen LogP contribution in [0, 0.1) is 11.8 Å². The maximum absolute atomic E-state index is 13.3. The highest BCUT2D eigenvalue weighted by atomic mass is 35.5. The second-order valence-electron chi connectivity index (χ2n) is 10.9. The van der Waals surface area contributed by atoms with E-state index in [0.717, 1.165) is 41.0 Å². The lowest BCUT2D eigenvalue weighted by atomic mass is 9.77. The molecule has 1 aromatic carbocycles. The van der Waals surface area contributed by atoms with Gasteiger partial charge in [-0.15, -0.1) is 11.3 Å². The molecule has 5 rings (SSSR count). The van der Waals surface area contributed by atoms with Crippen molar-refractivity contribution in [2.75, 3.05) is 40.9 Å². The van der Waals surface area contributed by atoms with Crippen LogP contribution in [0.1, 0.15) is 50.1 Å². The van der Waals surface area contributed by atoms with Gasteiger partial charge in [0.2, 0.25) is 5.91 Å². The standard InChI is InChI=1S/C29H35ClN6O4S/c1-35-9-8-23-25(16-35)41-28(34-23)27(38)31-15-19-12-17(29(39)36(2)10-11-40-3)4-6-22(19)33-26(37)24-14-18-13-20(30)5-7-21(18)32-24/h5,7,13-15,17,19,22,32H,4,6,8-12,16H2,1-3H3,(H,33,37)/t17-,19?,22-/m0/s1. The highest BCUT2D eigenvalue weighted by Gasteiger charge is 2.35. The molecule has 41 heavy (non-hydrogen) atoms. The second-order valence-corrected chi connectivity index (χ2v) is 12.4. The number of carbonyl (C=O) groups is 3. The first-order valence-electron chi connectivity index (χ1n) is 13.8. The SMILES string of the molecule is COCCN(C)C(=O)[C@H]1CC[C@H](NC(=O)c2cc3cc(Cl)ccc3[nH]2)C(C=NC(=O)c2nc3c(s2)CN(C)CC3)C1. The van der Waals surface area contributed by atoms with Crippen LogP contribution < -0.4 is 5.32 Å². The molecule has 3 amide bonds. The summed E-state index contributed by atoms with van der Waals surface area (Å²) < 4.78 is 5.13. The Balaban J connectivity index is 1.33. The van der Waals surface area contributed by atoms with Gasteiger partial charge in [-0.1, -0.05) is 11.6 Å². The van der Waals surface area contributed by atoms with Gasteiger partial charge in [-0.3, -0.25) is 14.4 Å². The van der Waals surface area contributed by atoms with E-state index in [4.69, 9.17) is 16.3 Å². The molecule has 0 spiro atoms. The third-order valence-corrected chi connectivity index (χ3v) is 9.19. The lowest BCUT2D eigenvalue weighted by Crippen LogP contribution is -2.47. The van der Waals surface area contributed by atoms with Crippen molar-refractivity contribution in [3.05, 3.63) is 50.6 Å².